The maximum Gasteiger partial charge on any atom is 0.321 e. The van der Waals surface area contributed by atoms with Gasteiger partial charge in [-0.25, -0.2) is 9.59 Å². The summed E-state index contributed by atoms with van der Waals surface area (Å²) in [6, 6.07) is 0. The van der Waals surface area contributed by atoms with Crippen LogP contribution in [0.15, 0.2) is 24.3 Å². The molecule has 0 aromatic carbocycles. The number of rotatable bonds is 30. The van der Waals surface area contributed by atoms with Crippen LogP contribution in [0.3, 0.4) is 0 Å². The van der Waals surface area contributed by atoms with Crippen molar-refractivity contribution in [2.75, 3.05) is 26.3 Å². The first kappa shape index (κ1) is 40.8. The number of hydrogen-bond acceptors (Lipinski definition) is 3. The van der Waals surface area contributed by atoms with E-state index in [1.54, 1.807) is 0 Å². The number of carbonyl (C=O) groups is 2. The molecule has 1 rings (SSSR count). The van der Waals surface area contributed by atoms with Crippen LogP contribution in [0.5, 0.6) is 0 Å². The Hall–Kier alpha value is -1.26. The van der Waals surface area contributed by atoms with Crippen LogP contribution in [0.2, 0.25) is 0 Å². The molecule has 0 aromatic heterocycles. The van der Waals surface area contributed by atoms with E-state index in [2.05, 4.69) is 38.2 Å². The summed E-state index contributed by atoms with van der Waals surface area (Å²) in [7, 11) is 0. The van der Waals surface area contributed by atoms with Gasteiger partial charge in [0.2, 0.25) is 0 Å². The largest absolute Gasteiger partial charge is 0.370 e. The van der Waals surface area contributed by atoms with Crippen molar-refractivity contribution >= 4 is 11.8 Å². The lowest BCUT2D eigenvalue weighted by molar-refractivity contribution is -0.790. The molecule has 0 atom stereocenters. The van der Waals surface area contributed by atoms with Crippen LogP contribution in [0.1, 0.15) is 194 Å². The van der Waals surface area contributed by atoms with Crippen molar-refractivity contribution in [2.45, 2.75) is 194 Å². The first-order valence-corrected chi connectivity index (χ1v) is 19.5. The van der Waals surface area contributed by atoms with E-state index in [0.717, 1.165) is 25.7 Å². The fourth-order valence-corrected chi connectivity index (χ4v) is 6.41. The van der Waals surface area contributed by atoms with E-state index in [4.69, 9.17) is 4.74 Å². The monoisotopic (exact) mass is 617 g/mol. The Morgan fingerprint density at radius 3 is 1.09 bits per heavy atom. The van der Waals surface area contributed by atoms with Crippen LogP contribution >= 0.6 is 0 Å². The molecule has 1 aliphatic rings. The minimum atomic E-state index is 0.0484. The van der Waals surface area contributed by atoms with Crippen molar-refractivity contribution in [1.82, 2.24) is 0 Å². The summed E-state index contributed by atoms with van der Waals surface area (Å²) in [6.45, 7) is 6.66. The molecular formula is C40H74NO3+. The molecule has 0 radical (unpaired) electrons. The molecule has 256 valence electrons. The summed E-state index contributed by atoms with van der Waals surface area (Å²) < 4.78 is 5.60. The highest BCUT2D eigenvalue weighted by Crippen LogP contribution is 2.21. The van der Waals surface area contributed by atoms with Gasteiger partial charge in [0, 0.05) is 0 Å². The van der Waals surface area contributed by atoms with Gasteiger partial charge in [0.1, 0.15) is 13.1 Å². The molecule has 0 bridgehead atoms. The molecule has 1 fully saturated rings. The van der Waals surface area contributed by atoms with Crippen molar-refractivity contribution in [1.29, 1.82) is 0 Å². The van der Waals surface area contributed by atoms with E-state index in [-0.39, 0.29) is 16.3 Å². The lowest BCUT2D eigenvalue weighted by atomic mass is 10.1. The molecule has 44 heavy (non-hydrogen) atoms. The molecule has 0 spiro atoms. The van der Waals surface area contributed by atoms with Gasteiger partial charge in [-0.2, -0.15) is 4.48 Å². The Morgan fingerprint density at radius 2 is 0.750 bits per heavy atom. The van der Waals surface area contributed by atoms with Crippen LogP contribution in [0.25, 0.3) is 0 Å². The Labute approximate surface area is 274 Å². The summed E-state index contributed by atoms with van der Waals surface area (Å²) in [6.07, 6.45) is 43.1. The third-order valence-corrected chi connectivity index (χ3v) is 9.49. The predicted molar refractivity (Wildman–Crippen MR) is 190 cm³/mol. The van der Waals surface area contributed by atoms with E-state index in [1.165, 1.54) is 141 Å². The van der Waals surface area contributed by atoms with Gasteiger partial charge in [0.05, 0.1) is 26.1 Å². The maximum atomic E-state index is 13.3. The van der Waals surface area contributed by atoms with Crippen molar-refractivity contribution in [3.8, 4) is 0 Å². The predicted octanol–water partition coefficient (Wildman–Crippen LogP) is 12.0. The standard InChI is InChI=1S/C40H74NO3/c1-3-5-7-9-11-13-15-17-19-21-23-25-27-29-31-33-39(42)41(35-37-44-38-36-41)40(43)34-32-30-28-26-24-22-20-18-16-14-12-10-8-6-4-2/h17-20H,3-16,21-38H2,1-2H3/q+1. The average Bonchev–Trinajstić information content (AvgIpc) is 3.04. The first-order chi connectivity index (χ1) is 21.7. The molecule has 0 saturated carbocycles. The average molecular weight is 617 g/mol. The van der Waals surface area contributed by atoms with Crippen LogP contribution in [-0.2, 0) is 14.3 Å². The maximum absolute atomic E-state index is 13.3. The van der Waals surface area contributed by atoms with Crippen molar-refractivity contribution in [3.05, 3.63) is 24.3 Å². The molecule has 0 aliphatic carbocycles. The third kappa shape index (κ3) is 21.5. The zero-order chi connectivity index (χ0) is 31.8. The highest BCUT2D eigenvalue weighted by Gasteiger charge is 2.44. The van der Waals surface area contributed by atoms with Gasteiger partial charge in [-0.1, -0.05) is 141 Å². The van der Waals surface area contributed by atoms with Gasteiger partial charge in [-0.3, -0.25) is 0 Å². The number of unbranched alkanes of at least 4 members (excludes halogenated alkanes) is 22. The Bertz CT molecular complexity index is 668. The van der Waals surface area contributed by atoms with Gasteiger partial charge in [-0.15, -0.1) is 0 Å². The third-order valence-electron chi connectivity index (χ3n) is 9.49. The van der Waals surface area contributed by atoms with Crippen LogP contribution in [0.4, 0.5) is 0 Å². The zero-order valence-corrected chi connectivity index (χ0v) is 29.6. The number of allylic oxidation sites excluding steroid dienone is 4. The van der Waals surface area contributed by atoms with Crippen molar-refractivity contribution in [2.24, 2.45) is 0 Å². The lowest BCUT2D eigenvalue weighted by Gasteiger charge is -2.36. The molecular weight excluding hydrogens is 542 g/mol. The fraction of sp³-hybridized carbons (Fsp3) is 0.850. The summed E-state index contributed by atoms with van der Waals surface area (Å²) in [5.74, 6) is 0.285. The number of amides is 2. The topological polar surface area (TPSA) is 43.4 Å². The van der Waals surface area contributed by atoms with Crippen LogP contribution in [-0.4, -0.2) is 42.6 Å². The minimum absolute atomic E-state index is 0.0484. The van der Waals surface area contributed by atoms with Gasteiger partial charge < -0.3 is 4.74 Å². The van der Waals surface area contributed by atoms with Crippen LogP contribution < -0.4 is 0 Å². The van der Waals surface area contributed by atoms with Gasteiger partial charge in [-0.05, 0) is 64.2 Å². The highest BCUT2D eigenvalue weighted by molar-refractivity contribution is 5.84. The first-order valence-electron chi connectivity index (χ1n) is 19.5. The van der Waals surface area contributed by atoms with E-state index >= 15 is 0 Å². The minimum Gasteiger partial charge on any atom is -0.370 e. The normalized spacial score (nSPS) is 15.0. The molecule has 1 saturated heterocycles. The second-order valence-electron chi connectivity index (χ2n) is 13.5. The number of carbonyl (C=O) groups excluding carboxylic acids is 2. The summed E-state index contributed by atoms with van der Waals surface area (Å²) >= 11 is 0. The van der Waals surface area contributed by atoms with E-state index in [0.29, 0.717) is 39.1 Å². The second kappa shape index (κ2) is 30.4. The zero-order valence-electron chi connectivity index (χ0n) is 29.6. The Morgan fingerprint density at radius 1 is 0.455 bits per heavy atom. The molecule has 2 amide bonds. The molecule has 4 heteroatoms. The summed E-state index contributed by atoms with van der Waals surface area (Å²) in [4.78, 5) is 26.7. The van der Waals surface area contributed by atoms with Gasteiger partial charge >= 0.3 is 11.8 Å². The van der Waals surface area contributed by atoms with E-state index < -0.39 is 0 Å². The molecule has 0 unspecified atom stereocenters. The molecule has 1 heterocycles. The van der Waals surface area contributed by atoms with Gasteiger partial charge in [0.15, 0.2) is 0 Å². The number of hydrogen-bond donors (Lipinski definition) is 0. The van der Waals surface area contributed by atoms with Gasteiger partial charge in [0.25, 0.3) is 0 Å². The highest BCUT2D eigenvalue weighted by atomic mass is 16.5. The van der Waals surface area contributed by atoms with Crippen molar-refractivity contribution < 1.29 is 18.8 Å². The summed E-state index contributed by atoms with van der Waals surface area (Å²) in [5, 5.41) is 0. The molecule has 0 N–H and O–H groups in total. The van der Waals surface area contributed by atoms with Crippen molar-refractivity contribution in [3.63, 3.8) is 0 Å². The smallest absolute Gasteiger partial charge is 0.321 e. The number of nitrogens with zero attached hydrogens (tertiary/aromatic N) is 1. The van der Waals surface area contributed by atoms with E-state index in [1.807, 2.05) is 0 Å². The lowest BCUT2D eigenvalue weighted by Crippen LogP contribution is -2.62. The number of ether oxygens (including phenoxy) is 1. The Kier molecular flexibility index (Phi) is 28.2. The quantitative estimate of drug-likeness (QED) is 0.0458. The fourth-order valence-electron chi connectivity index (χ4n) is 6.41. The molecule has 4 nitrogen and oxygen atoms in total. The number of quaternary nitrogens is 1. The second-order valence-corrected chi connectivity index (χ2v) is 13.5. The molecule has 1 aliphatic heterocycles. The number of morpholine rings is 1. The number of imide groups is 1. The Balaban J connectivity index is 2.11. The summed E-state index contributed by atoms with van der Waals surface area (Å²) in [5.41, 5.74) is 0. The SMILES string of the molecule is CCCCCCCCC=CCCCCCCCC(=O)[N+]1(C(=O)CCCCCCCC=CCCCCCCCC)CCOCC1. The van der Waals surface area contributed by atoms with E-state index in [9.17, 15) is 9.59 Å². The molecule has 0 aromatic rings. The van der Waals surface area contributed by atoms with Crippen LogP contribution in [0, 0.1) is 0 Å².